The van der Waals surface area contributed by atoms with Crippen LogP contribution in [0.3, 0.4) is 0 Å². The van der Waals surface area contributed by atoms with Gasteiger partial charge in [-0.05, 0) is 55.5 Å². The molecule has 150 valence electrons. The van der Waals surface area contributed by atoms with Crippen molar-refractivity contribution < 1.29 is 27.9 Å². The van der Waals surface area contributed by atoms with Gasteiger partial charge >= 0.3 is 5.91 Å². The Kier molecular flexibility index (Phi) is 6.47. The van der Waals surface area contributed by atoms with Crippen molar-refractivity contribution >= 4 is 11.8 Å². The molecule has 0 aliphatic rings. The second-order valence-corrected chi connectivity index (χ2v) is 6.03. The van der Waals surface area contributed by atoms with Crippen LogP contribution in [0, 0.1) is 5.82 Å². The van der Waals surface area contributed by atoms with Crippen molar-refractivity contribution in [3.8, 4) is 11.5 Å². The van der Waals surface area contributed by atoms with Gasteiger partial charge in [0.25, 0.3) is 5.91 Å². The number of carbonyl (C=O) groups is 2. The Morgan fingerprint density at radius 3 is 2.41 bits per heavy atom. The molecule has 2 amide bonds. The van der Waals surface area contributed by atoms with Crippen molar-refractivity contribution in [1.29, 1.82) is 0 Å². The van der Waals surface area contributed by atoms with Crippen LogP contribution >= 0.6 is 0 Å². The lowest BCUT2D eigenvalue weighted by Gasteiger charge is -2.14. The number of carbonyl (C=O) groups excluding carboxylic acids is 2. The molecule has 1 atom stereocenters. The zero-order valence-electron chi connectivity index (χ0n) is 15.6. The van der Waals surface area contributed by atoms with Crippen LogP contribution in [0.1, 0.15) is 23.2 Å². The van der Waals surface area contributed by atoms with E-state index >= 15 is 0 Å². The number of hydrogen-bond donors (Lipinski definition) is 2. The molecular weight excluding hydrogens is 379 g/mol. The first-order valence-electron chi connectivity index (χ1n) is 8.80. The molecule has 1 aromatic heterocycles. The van der Waals surface area contributed by atoms with E-state index in [1.54, 1.807) is 18.2 Å². The number of furan rings is 1. The Morgan fingerprint density at radius 1 is 0.966 bits per heavy atom. The molecule has 0 saturated heterocycles. The summed E-state index contributed by atoms with van der Waals surface area (Å²) < 4.78 is 29.2. The van der Waals surface area contributed by atoms with Crippen LogP contribution < -0.4 is 20.3 Å². The molecule has 0 fully saturated rings. The number of amides is 2. The Balaban J connectivity index is 1.45. The summed E-state index contributed by atoms with van der Waals surface area (Å²) in [6.45, 7) is 1.66. The van der Waals surface area contributed by atoms with Crippen LogP contribution in [-0.2, 0) is 11.4 Å². The summed E-state index contributed by atoms with van der Waals surface area (Å²) >= 11 is 0. The van der Waals surface area contributed by atoms with Crippen molar-refractivity contribution in [3.05, 3.63) is 84.1 Å². The second-order valence-electron chi connectivity index (χ2n) is 6.03. The van der Waals surface area contributed by atoms with Gasteiger partial charge in [-0.3, -0.25) is 20.4 Å². The van der Waals surface area contributed by atoms with E-state index in [1.807, 2.05) is 18.2 Å². The normalized spacial score (nSPS) is 11.4. The van der Waals surface area contributed by atoms with Gasteiger partial charge in [-0.25, -0.2) is 4.39 Å². The summed E-state index contributed by atoms with van der Waals surface area (Å²) in [5, 5.41) is 0. The monoisotopic (exact) mass is 398 g/mol. The second kappa shape index (κ2) is 9.41. The Labute approximate surface area is 166 Å². The molecule has 2 aromatic carbocycles. The highest BCUT2D eigenvalue weighted by Crippen LogP contribution is 2.14. The van der Waals surface area contributed by atoms with Gasteiger partial charge in [0.15, 0.2) is 11.9 Å². The zero-order chi connectivity index (χ0) is 20.6. The lowest BCUT2D eigenvalue weighted by atomic mass is 10.3. The van der Waals surface area contributed by atoms with E-state index in [4.69, 9.17) is 13.9 Å². The van der Waals surface area contributed by atoms with Crippen LogP contribution in [0.25, 0.3) is 0 Å². The third kappa shape index (κ3) is 5.83. The number of para-hydroxylation sites is 1. The molecule has 0 unspecified atom stereocenters. The molecule has 8 heteroatoms. The van der Waals surface area contributed by atoms with Crippen LogP contribution in [-0.4, -0.2) is 17.9 Å². The summed E-state index contributed by atoms with van der Waals surface area (Å²) in [5.41, 5.74) is 4.50. The molecule has 29 heavy (non-hydrogen) atoms. The predicted molar refractivity (Wildman–Crippen MR) is 102 cm³/mol. The van der Waals surface area contributed by atoms with Gasteiger partial charge in [0, 0.05) is 0 Å². The van der Waals surface area contributed by atoms with Gasteiger partial charge in [0.2, 0.25) is 0 Å². The average molecular weight is 398 g/mol. The molecule has 0 aliphatic heterocycles. The maximum Gasteiger partial charge on any atom is 0.305 e. The van der Waals surface area contributed by atoms with E-state index in [-0.39, 0.29) is 12.4 Å². The molecule has 1 heterocycles. The zero-order valence-corrected chi connectivity index (χ0v) is 15.6. The predicted octanol–water partition coefficient (Wildman–Crippen LogP) is 3.23. The van der Waals surface area contributed by atoms with Crippen LogP contribution in [0.4, 0.5) is 4.39 Å². The first-order valence-corrected chi connectivity index (χ1v) is 8.80. The van der Waals surface area contributed by atoms with E-state index in [0.29, 0.717) is 17.3 Å². The number of ether oxygens (including phenoxy) is 2. The fourth-order valence-corrected chi connectivity index (χ4v) is 2.30. The minimum atomic E-state index is -0.910. The van der Waals surface area contributed by atoms with Crippen LogP contribution in [0.15, 0.2) is 71.1 Å². The third-order valence-corrected chi connectivity index (χ3v) is 3.80. The van der Waals surface area contributed by atoms with Crippen molar-refractivity contribution in [2.45, 2.75) is 19.6 Å². The van der Waals surface area contributed by atoms with Crippen molar-refractivity contribution in [3.63, 3.8) is 0 Å². The van der Waals surface area contributed by atoms with Gasteiger partial charge in [-0.15, -0.1) is 0 Å². The first kappa shape index (κ1) is 19.9. The highest BCUT2D eigenvalue weighted by atomic mass is 19.1. The molecule has 0 bridgehead atoms. The SMILES string of the molecule is C[C@@H](Oc1ccc(F)cc1)C(=O)NNC(=O)c1ccc(COc2ccccc2)o1. The molecule has 3 rings (SSSR count). The standard InChI is InChI=1S/C21H19FN2O5/c1-14(28-17-9-7-15(22)8-10-17)20(25)23-24-21(26)19-12-11-18(29-19)13-27-16-5-3-2-4-6-16/h2-12,14H,13H2,1H3,(H,23,25)(H,24,26)/t14-/m1/s1. The minimum absolute atomic E-state index is 0.0177. The Hall–Kier alpha value is -3.81. The fourth-order valence-electron chi connectivity index (χ4n) is 2.30. The number of rotatable bonds is 7. The number of hydrogen-bond acceptors (Lipinski definition) is 5. The largest absolute Gasteiger partial charge is 0.486 e. The van der Waals surface area contributed by atoms with E-state index in [0.717, 1.165) is 0 Å². The summed E-state index contributed by atoms with van der Waals surface area (Å²) in [5.74, 6) is -0.136. The molecule has 7 nitrogen and oxygen atoms in total. The molecule has 0 radical (unpaired) electrons. The number of nitrogens with one attached hydrogen (secondary N) is 2. The van der Waals surface area contributed by atoms with E-state index in [1.165, 1.54) is 37.3 Å². The lowest BCUT2D eigenvalue weighted by molar-refractivity contribution is -0.128. The van der Waals surface area contributed by atoms with Crippen molar-refractivity contribution in [2.75, 3.05) is 0 Å². The number of hydrazine groups is 1. The van der Waals surface area contributed by atoms with Crippen LogP contribution in [0.5, 0.6) is 11.5 Å². The Bertz CT molecular complexity index is 957. The highest BCUT2D eigenvalue weighted by molar-refractivity contribution is 5.93. The van der Waals surface area contributed by atoms with E-state index in [2.05, 4.69) is 10.9 Å². The quantitative estimate of drug-likeness (QED) is 0.597. The van der Waals surface area contributed by atoms with Gasteiger partial charge in [-0.1, -0.05) is 18.2 Å². The Morgan fingerprint density at radius 2 is 1.69 bits per heavy atom. The minimum Gasteiger partial charge on any atom is -0.486 e. The highest BCUT2D eigenvalue weighted by Gasteiger charge is 2.17. The van der Waals surface area contributed by atoms with Gasteiger partial charge in [-0.2, -0.15) is 0 Å². The molecule has 0 spiro atoms. The lowest BCUT2D eigenvalue weighted by Crippen LogP contribution is -2.47. The topological polar surface area (TPSA) is 89.8 Å². The molecule has 3 aromatic rings. The van der Waals surface area contributed by atoms with E-state index < -0.39 is 23.7 Å². The van der Waals surface area contributed by atoms with Gasteiger partial charge in [0.1, 0.15) is 29.7 Å². The summed E-state index contributed by atoms with van der Waals surface area (Å²) in [4.78, 5) is 24.2. The summed E-state index contributed by atoms with van der Waals surface area (Å²) in [6, 6.07) is 17.5. The van der Waals surface area contributed by atoms with E-state index in [9.17, 15) is 14.0 Å². The molecule has 0 saturated carbocycles. The molecular formula is C21H19FN2O5. The molecule has 2 N–H and O–H groups in total. The van der Waals surface area contributed by atoms with Crippen molar-refractivity contribution in [2.24, 2.45) is 0 Å². The van der Waals surface area contributed by atoms with Crippen molar-refractivity contribution in [1.82, 2.24) is 10.9 Å². The van der Waals surface area contributed by atoms with Crippen LogP contribution in [0.2, 0.25) is 0 Å². The van der Waals surface area contributed by atoms with Gasteiger partial charge < -0.3 is 13.9 Å². The number of benzene rings is 2. The molecule has 0 aliphatic carbocycles. The summed E-state index contributed by atoms with van der Waals surface area (Å²) in [7, 11) is 0. The number of halogens is 1. The average Bonchev–Trinajstić information content (AvgIpc) is 3.22. The smallest absolute Gasteiger partial charge is 0.305 e. The third-order valence-electron chi connectivity index (χ3n) is 3.80. The fraction of sp³-hybridized carbons (Fsp3) is 0.143. The maximum absolute atomic E-state index is 12.9. The van der Waals surface area contributed by atoms with Gasteiger partial charge in [0.05, 0.1) is 0 Å². The maximum atomic E-state index is 12.9. The first-order chi connectivity index (χ1) is 14.0. The summed E-state index contributed by atoms with van der Waals surface area (Å²) in [6.07, 6.45) is -0.910.